The Bertz CT molecular complexity index is 406. The molecule has 2 rings (SSSR count). The van der Waals surface area contributed by atoms with E-state index in [2.05, 4.69) is 5.32 Å². The predicted octanol–water partition coefficient (Wildman–Crippen LogP) is 1.39. The van der Waals surface area contributed by atoms with Gasteiger partial charge in [0, 0.05) is 23.7 Å². The second-order valence-corrected chi connectivity index (χ2v) is 3.15. The van der Waals surface area contributed by atoms with E-state index in [0.717, 1.165) is 12.1 Å². The summed E-state index contributed by atoms with van der Waals surface area (Å²) in [6.45, 7) is 0. The van der Waals surface area contributed by atoms with Gasteiger partial charge in [0.05, 0.1) is 0 Å². The van der Waals surface area contributed by atoms with Crippen LogP contribution < -0.4 is 5.32 Å². The summed E-state index contributed by atoms with van der Waals surface area (Å²) in [5.41, 5.74) is 0.466. The van der Waals surface area contributed by atoms with Gasteiger partial charge in [-0.3, -0.25) is 0 Å². The Morgan fingerprint density at radius 3 is 2.86 bits per heavy atom. The Kier molecular flexibility index (Phi) is 1.87. The summed E-state index contributed by atoms with van der Waals surface area (Å²) >= 11 is 0. The predicted molar refractivity (Wildman–Crippen MR) is 45.1 cm³/mol. The number of carbonyl (C=O) groups is 1. The fraction of sp³-hybridized carbons (Fsp3) is 0.222. The molecule has 0 fully saturated rings. The van der Waals surface area contributed by atoms with Crippen LogP contribution in [0.3, 0.4) is 0 Å². The van der Waals surface area contributed by atoms with E-state index in [0.29, 0.717) is 0 Å². The lowest BCUT2D eigenvalue weighted by atomic mass is 10.1. The van der Waals surface area contributed by atoms with Gasteiger partial charge in [-0.2, -0.15) is 0 Å². The van der Waals surface area contributed by atoms with Crippen LogP contribution in [0.1, 0.15) is 5.56 Å². The van der Waals surface area contributed by atoms with Crippen LogP contribution in [0.2, 0.25) is 0 Å². The van der Waals surface area contributed by atoms with Crippen molar-refractivity contribution >= 4 is 11.7 Å². The van der Waals surface area contributed by atoms with Crippen LogP contribution in [0.4, 0.5) is 14.5 Å². The smallest absolute Gasteiger partial charge is 0.326 e. The van der Waals surface area contributed by atoms with Crippen molar-refractivity contribution in [1.82, 2.24) is 0 Å². The van der Waals surface area contributed by atoms with Crippen molar-refractivity contribution in [2.24, 2.45) is 0 Å². The molecule has 1 aliphatic heterocycles. The molecule has 0 bridgehead atoms. The number of aliphatic carboxylic acids is 1. The highest BCUT2D eigenvalue weighted by Gasteiger charge is 2.29. The molecule has 0 unspecified atom stereocenters. The van der Waals surface area contributed by atoms with Gasteiger partial charge in [0.2, 0.25) is 0 Å². The number of rotatable bonds is 1. The standard InChI is InChI=1S/C9H7F2NO2/c10-4-1-6(11)5-3-8(9(13)14)12-7(5)2-4/h1-2,8,12H,3H2,(H,13,14)/t8-/m0/s1. The first-order valence-corrected chi connectivity index (χ1v) is 4.05. The maximum Gasteiger partial charge on any atom is 0.326 e. The minimum absolute atomic E-state index is 0.0524. The summed E-state index contributed by atoms with van der Waals surface area (Å²) in [5, 5.41) is 11.2. The summed E-state index contributed by atoms with van der Waals surface area (Å²) in [4.78, 5) is 10.6. The molecular weight excluding hydrogens is 192 g/mol. The molecule has 1 aromatic carbocycles. The Balaban J connectivity index is 2.39. The number of carboxylic acids is 1. The summed E-state index contributed by atoms with van der Waals surface area (Å²) in [6, 6.07) is 0.993. The van der Waals surface area contributed by atoms with E-state index < -0.39 is 23.6 Å². The van der Waals surface area contributed by atoms with Crippen molar-refractivity contribution in [2.75, 3.05) is 5.32 Å². The van der Waals surface area contributed by atoms with Gasteiger partial charge < -0.3 is 10.4 Å². The Hall–Kier alpha value is -1.65. The van der Waals surface area contributed by atoms with Crippen molar-refractivity contribution in [3.8, 4) is 0 Å². The topological polar surface area (TPSA) is 49.3 Å². The zero-order chi connectivity index (χ0) is 10.3. The van der Waals surface area contributed by atoms with Gasteiger partial charge in [-0.25, -0.2) is 13.6 Å². The fourth-order valence-electron chi connectivity index (χ4n) is 1.53. The van der Waals surface area contributed by atoms with E-state index in [4.69, 9.17) is 5.11 Å². The van der Waals surface area contributed by atoms with Crippen LogP contribution in [0.15, 0.2) is 12.1 Å². The highest BCUT2D eigenvalue weighted by atomic mass is 19.1. The summed E-state index contributed by atoms with van der Waals surface area (Å²) in [5.74, 6) is -2.47. The van der Waals surface area contributed by atoms with Crippen LogP contribution in [-0.4, -0.2) is 17.1 Å². The molecule has 1 aromatic rings. The van der Waals surface area contributed by atoms with E-state index in [1.54, 1.807) is 0 Å². The molecule has 0 aromatic heterocycles. The molecule has 5 heteroatoms. The molecule has 3 nitrogen and oxygen atoms in total. The van der Waals surface area contributed by atoms with Crippen molar-refractivity contribution in [1.29, 1.82) is 0 Å². The van der Waals surface area contributed by atoms with Crippen molar-refractivity contribution in [3.05, 3.63) is 29.3 Å². The lowest BCUT2D eigenvalue weighted by molar-refractivity contribution is -0.137. The third-order valence-electron chi connectivity index (χ3n) is 2.20. The highest BCUT2D eigenvalue weighted by Crippen LogP contribution is 2.29. The van der Waals surface area contributed by atoms with Crippen molar-refractivity contribution in [2.45, 2.75) is 12.5 Å². The van der Waals surface area contributed by atoms with E-state index in [1.807, 2.05) is 0 Å². The minimum Gasteiger partial charge on any atom is -0.480 e. The number of benzene rings is 1. The van der Waals surface area contributed by atoms with Crippen LogP contribution in [-0.2, 0) is 11.2 Å². The Labute approximate surface area is 78.4 Å². The Morgan fingerprint density at radius 1 is 1.50 bits per heavy atom. The molecule has 74 valence electrons. The average molecular weight is 199 g/mol. The van der Waals surface area contributed by atoms with Crippen LogP contribution in [0.25, 0.3) is 0 Å². The van der Waals surface area contributed by atoms with Crippen LogP contribution in [0.5, 0.6) is 0 Å². The number of hydrogen-bond donors (Lipinski definition) is 2. The van der Waals surface area contributed by atoms with E-state index in [1.165, 1.54) is 0 Å². The number of fused-ring (bicyclic) bond motifs is 1. The van der Waals surface area contributed by atoms with Gasteiger partial charge >= 0.3 is 5.97 Å². The molecule has 0 aliphatic carbocycles. The van der Waals surface area contributed by atoms with E-state index >= 15 is 0 Å². The SMILES string of the molecule is O=C(O)[C@@H]1Cc2c(F)cc(F)cc2N1. The fourth-order valence-corrected chi connectivity index (χ4v) is 1.53. The third kappa shape index (κ3) is 1.30. The molecule has 0 saturated carbocycles. The molecule has 0 saturated heterocycles. The average Bonchev–Trinajstić information content (AvgIpc) is 2.47. The zero-order valence-corrected chi connectivity index (χ0v) is 7.05. The molecule has 1 heterocycles. The maximum absolute atomic E-state index is 13.1. The first-order chi connectivity index (χ1) is 6.58. The second-order valence-electron chi connectivity index (χ2n) is 3.15. The van der Waals surface area contributed by atoms with Crippen molar-refractivity contribution in [3.63, 3.8) is 0 Å². The van der Waals surface area contributed by atoms with Gasteiger partial charge in [-0.05, 0) is 6.07 Å². The Morgan fingerprint density at radius 2 is 2.21 bits per heavy atom. The highest BCUT2D eigenvalue weighted by molar-refractivity contribution is 5.81. The molecule has 0 amide bonds. The maximum atomic E-state index is 13.1. The van der Waals surface area contributed by atoms with Crippen molar-refractivity contribution < 1.29 is 18.7 Å². The van der Waals surface area contributed by atoms with Gasteiger partial charge in [0.1, 0.15) is 17.7 Å². The van der Waals surface area contributed by atoms with E-state index in [-0.39, 0.29) is 17.7 Å². The lowest BCUT2D eigenvalue weighted by Gasteiger charge is -2.03. The zero-order valence-electron chi connectivity index (χ0n) is 7.05. The summed E-state index contributed by atoms with van der Waals surface area (Å²) in [6.07, 6.45) is 0.0524. The molecule has 14 heavy (non-hydrogen) atoms. The number of carboxylic acid groups (broad SMARTS) is 1. The number of hydrogen-bond acceptors (Lipinski definition) is 2. The second kappa shape index (κ2) is 2.94. The molecule has 0 radical (unpaired) electrons. The molecule has 2 N–H and O–H groups in total. The van der Waals surface area contributed by atoms with Gasteiger partial charge in [-0.15, -0.1) is 0 Å². The first kappa shape index (κ1) is 8.93. The molecule has 1 aliphatic rings. The number of anilines is 1. The molecule has 0 spiro atoms. The van der Waals surface area contributed by atoms with Crippen LogP contribution >= 0.6 is 0 Å². The molecule has 1 atom stereocenters. The monoisotopic (exact) mass is 199 g/mol. The summed E-state index contributed by atoms with van der Waals surface area (Å²) in [7, 11) is 0. The van der Waals surface area contributed by atoms with Gasteiger partial charge in [0.15, 0.2) is 0 Å². The first-order valence-electron chi connectivity index (χ1n) is 4.05. The van der Waals surface area contributed by atoms with Gasteiger partial charge in [-0.1, -0.05) is 0 Å². The van der Waals surface area contributed by atoms with Crippen LogP contribution in [0, 0.1) is 11.6 Å². The molecular formula is C9H7F2NO2. The minimum atomic E-state index is -1.07. The lowest BCUT2D eigenvalue weighted by Crippen LogP contribution is -2.26. The number of halogens is 2. The largest absolute Gasteiger partial charge is 0.480 e. The van der Waals surface area contributed by atoms with Gasteiger partial charge in [0.25, 0.3) is 0 Å². The normalized spacial score (nSPS) is 18.9. The van der Waals surface area contributed by atoms with E-state index in [9.17, 15) is 13.6 Å². The summed E-state index contributed by atoms with van der Waals surface area (Å²) < 4.78 is 25.8. The quantitative estimate of drug-likeness (QED) is 0.718. The third-order valence-corrected chi connectivity index (χ3v) is 2.20. The number of nitrogens with one attached hydrogen (secondary N) is 1.